The fourth-order valence-corrected chi connectivity index (χ4v) is 6.58. The van der Waals surface area contributed by atoms with Crippen molar-refractivity contribution in [3.8, 4) is 0 Å². The van der Waals surface area contributed by atoms with Gasteiger partial charge in [0.1, 0.15) is 0 Å². The van der Waals surface area contributed by atoms with Crippen LogP contribution in [0.2, 0.25) is 4.73 Å². The van der Waals surface area contributed by atoms with Crippen LogP contribution in [0, 0.1) is 23.7 Å². The van der Waals surface area contributed by atoms with Gasteiger partial charge >= 0.3 is 155 Å². The van der Waals surface area contributed by atoms with Gasteiger partial charge in [-0.2, -0.15) is 0 Å². The molecule has 0 aliphatic heterocycles. The van der Waals surface area contributed by atoms with Crippen molar-refractivity contribution in [2.75, 3.05) is 20.6 Å². The van der Waals surface area contributed by atoms with Crippen LogP contribution < -0.4 is 0 Å². The number of nitrogens with zero attached hydrogens (tertiary/aromatic N) is 1. The first-order chi connectivity index (χ1) is 10.9. The van der Waals surface area contributed by atoms with Crippen molar-refractivity contribution >= 4 is 24.8 Å². The van der Waals surface area contributed by atoms with Gasteiger partial charge in [0.25, 0.3) is 0 Å². The van der Waals surface area contributed by atoms with E-state index in [9.17, 15) is 0 Å². The first-order valence-corrected chi connectivity index (χ1v) is 11.6. The Bertz CT molecular complexity index is 432. The van der Waals surface area contributed by atoms with Gasteiger partial charge in [-0.25, -0.2) is 0 Å². The summed E-state index contributed by atoms with van der Waals surface area (Å²) in [5.74, 6) is 3.01. The maximum Gasteiger partial charge on any atom is -0.147 e. The van der Waals surface area contributed by atoms with Crippen molar-refractivity contribution in [1.29, 1.82) is 0 Å². The monoisotopic (exact) mass is 425 g/mol. The maximum absolute atomic E-state index is 2.69. The maximum atomic E-state index is 2.69. The summed E-state index contributed by atoms with van der Waals surface area (Å²) in [6, 6.07) is 0. The molecule has 0 aromatic carbocycles. The second-order valence-electron chi connectivity index (χ2n) is 7.71. The molecule has 25 heavy (non-hydrogen) atoms. The molecule has 0 aromatic rings. The van der Waals surface area contributed by atoms with Gasteiger partial charge in [0.15, 0.2) is 0 Å². The van der Waals surface area contributed by atoms with Crippen LogP contribution in [-0.4, -0.2) is 25.5 Å². The Morgan fingerprint density at radius 3 is 1.96 bits per heavy atom. The molecule has 0 bridgehead atoms. The summed E-state index contributed by atoms with van der Waals surface area (Å²) in [6.45, 7) is 15.7. The van der Waals surface area contributed by atoms with Gasteiger partial charge < -0.3 is 0 Å². The van der Waals surface area contributed by atoms with E-state index in [0.29, 0.717) is 0 Å². The summed E-state index contributed by atoms with van der Waals surface area (Å²) >= 11 is 0.00237. The Kier molecular flexibility index (Phi) is 15.5. The van der Waals surface area contributed by atoms with E-state index in [4.69, 9.17) is 0 Å². The van der Waals surface area contributed by atoms with Crippen LogP contribution in [0.25, 0.3) is 0 Å². The third-order valence-corrected chi connectivity index (χ3v) is 7.95. The van der Waals surface area contributed by atoms with E-state index in [1.807, 2.05) is 3.88 Å². The molecular formula is C21H41Cl2NTi. The zero-order chi connectivity index (χ0) is 17.6. The first kappa shape index (κ1) is 27.9. The Morgan fingerprint density at radius 1 is 0.960 bits per heavy atom. The second kappa shape index (κ2) is 13.8. The molecule has 4 heteroatoms. The Balaban J connectivity index is 0. The molecule has 4 atom stereocenters. The predicted molar refractivity (Wildman–Crippen MR) is 115 cm³/mol. The topological polar surface area (TPSA) is 3.24 Å². The summed E-state index contributed by atoms with van der Waals surface area (Å²) in [4.78, 5) is 2.35. The molecule has 0 saturated carbocycles. The Hall–Kier alpha value is 0.734. The van der Waals surface area contributed by atoms with E-state index in [-0.39, 0.29) is 44.0 Å². The molecule has 1 aliphatic carbocycles. The third kappa shape index (κ3) is 7.70. The van der Waals surface area contributed by atoms with Crippen molar-refractivity contribution in [2.24, 2.45) is 23.7 Å². The van der Waals surface area contributed by atoms with Crippen molar-refractivity contribution in [3.63, 3.8) is 0 Å². The number of hydrogen-bond acceptors (Lipinski definition) is 1. The third-order valence-electron chi connectivity index (χ3n) is 5.67. The Labute approximate surface area is 179 Å². The van der Waals surface area contributed by atoms with Gasteiger partial charge in [-0.1, -0.05) is 0 Å². The fraction of sp³-hybridized carbons (Fsp3) is 0.810. The molecule has 0 fully saturated rings. The van der Waals surface area contributed by atoms with E-state index in [2.05, 4.69) is 66.6 Å². The zero-order valence-electron chi connectivity index (χ0n) is 17.7. The number of halogens is 2. The molecule has 148 valence electrons. The minimum atomic E-state index is 0. The van der Waals surface area contributed by atoms with Crippen LogP contribution in [0.5, 0.6) is 0 Å². The smallest absolute Gasteiger partial charge is 0.147 e. The average Bonchev–Trinajstić information content (AvgIpc) is 2.91. The minimum absolute atomic E-state index is 0. The molecule has 0 aromatic heterocycles. The predicted octanol–water partition coefficient (Wildman–Crippen LogP) is 6.84. The van der Waals surface area contributed by atoms with Gasteiger partial charge in [-0.3, -0.25) is 0 Å². The van der Waals surface area contributed by atoms with Gasteiger partial charge in [0.2, 0.25) is 0 Å². The van der Waals surface area contributed by atoms with Gasteiger partial charge in [-0.15, -0.1) is 24.8 Å². The molecule has 0 amide bonds. The van der Waals surface area contributed by atoms with Crippen molar-refractivity contribution in [3.05, 3.63) is 21.1 Å². The average molecular weight is 426 g/mol. The molecule has 4 unspecified atom stereocenters. The summed E-state index contributed by atoms with van der Waals surface area (Å²) in [7, 11) is 4.42. The second-order valence-corrected chi connectivity index (χ2v) is 9.88. The fourth-order valence-electron chi connectivity index (χ4n) is 3.44. The van der Waals surface area contributed by atoms with E-state index in [1.54, 1.807) is 11.1 Å². The van der Waals surface area contributed by atoms with Crippen molar-refractivity contribution in [1.82, 2.24) is 4.90 Å². The molecule has 0 radical (unpaired) electrons. The van der Waals surface area contributed by atoms with Gasteiger partial charge in [0.05, 0.1) is 0 Å². The van der Waals surface area contributed by atoms with E-state index in [1.165, 1.54) is 30.5 Å². The molecule has 1 nitrogen and oxygen atoms in total. The molecule has 1 rings (SSSR count). The van der Waals surface area contributed by atoms with E-state index in [0.717, 1.165) is 23.7 Å². The van der Waals surface area contributed by atoms with Crippen LogP contribution >= 0.6 is 24.8 Å². The molecule has 0 spiro atoms. The van der Waals surface area contributed by atoms with Gasteiger partial charge in [0, 0.05) is 0 Å². The molecule has 0 saturated heterocycles. The molecule has 1 aliphatic rings. The minimum Gasteiger partial charge on any atom is -0.147 e. The van der Waals surface area contributed by atoms with Crippen LogP contribution in [0.3, 0.4) is 0 Å². The molecular weight excluding hydrogens is 385 g/mol. The quantitative estimate of drug-likeness (QED) is 0.346. The summed E-state index contributed by atoms with van der Waals surface area (Å²) in [6.07, 6.45) is 6.54. The standard InChI is InChI=1S/C17H29.C4H10N.2ClH.Ti/c1-7-12(4)15-10-16(13(5)8-2)17(11-15)14(6)9-3;1-4-5(2)3;;;/h10,12-15H,7-9H2,1-6H3;1,4H2,2-3H3;2*1H;. The molecule has 0 heterocycles. The Morgan fingerprint density at radius 2 is 1.52 bits per heavy atom. The summed E-state index contributed by atoms with van der Waals surface area (Å²) < 4.78 is 3.32. The summed E-state index contributed by atoms with van der Waals surface area (Å²) in [5, 5.41) is 0. The van der Waals surface area contributed by atoms with Crippen LogP contribution in [0.15, 0.2) is 21.1 Å². The number of rotatable bonds is 10. The largest absolute Gasteiger partial charge is 0.147 e. The molecule has 0 N–H and O–H groups in total. The normalized spacial score (nSPS) is 20.5. The zero-order valence-corrected chi connectivity index (χ0v) is 20.9. The van der Waals surface area contributed by atoms with Crippen LogP contribution in [0.1, 0.15) is 60.8 Å². The van der Waals surface area contributed by atoms with Crippen LogP contribution in [-0.2, 0) is 19.2 Å². The number of hydrogen-bond donors (Lipinski definition) is 0. The SMILES string of the molecule is CCC(C)C1=CC(C(C)CC)[C]([Ti][CH2]CN(C)C)=C1C(C)CC.Cl.Cl. The van der Waals surface area contributed by atoms with Crippen LogP contribution in [0.4, 0.5) is 0 Å². The first-order valence-electron chi connectivity index (χ1n) is 9.71. The number of allylic oxidation sites excluding steroid dienone is 4. The van der Waals surface area contributed by atoms with Crippen molar-refractivity contribution in [2.45, 2.75) is 65.5 Å². The van der Waals surface area contributed by atoms with E-state index >= 15 is 0 Å². The van der Waals surface area contributed by atoms with E-state index < -0.39 is 0 Å². The van der Waals surface area contributed by atoms with Crippen molar-refractivity contribution < 1.29 is 19.2 Å². The van der Waals surface area contributed by atoms with Gasteiger partial charge in [-0.05, 0) is 0 Å². The summed E-state index contributed by atoms with van der Waals surface area (Å²) in [5.41, 5.74) is 3.52.